The maximum atomic E-state index is 11.1. The lowest BCUT2D eigenvalue weighted by Crippen LogP contribution is -1.91. The van der Waals surface area contributed by atoms with Crippen molar-refractivity contribution in [3.05, 3.63) is 66.7 Å². The maximum absolute atomic E-state index is 11.1. The van der Waals surface area contributed by atoms with Gasteiger partial charge >= 0.3 is 0 Å². The van der Waals surface area contributed by atoms with Crippen molar-refractivity contribution in [3.63, 3.8) is 0 Å². The Labute approximate surface area is 118 Å². The predicted molar refractivity (Wildman–Crippen MR) is 82.3 cm³/mol. The summed E-state index contributed by atoms with van der Waals surface area (Å²) >= 11 is 0. The summed E-state index contributed by atoms with van der Waals surface area (Å²) in [7, 11) is -2.57. The highest BCUT2D eigenvalue weighted by Crippen LogP contribution is 2.27. The second kappa shape index (κ2) is 5.35. The molecule has 0 saturated carbocycles. The van der Waals surface area contributed by atoms with Crippen LogP contribution in [0.15, 0.2) is 71.6 Å². The Bertz CT molecular complexity index is 818. The standard InChI is InChI=1S/C16H13NO2S/c18-20(19)14-10-9-12-5-4-8-16(15(12)11-14)17-13-6-2-1-3-7-13/h1-11,17,20H. The van der Waals surface area contributed by atoms with Crippen molar-refractivity contribution in [2.45, 2.75) is 4.90 Å². The van der Waals surface area contributed by atoms with Crippen LogP contribution in [0, 0.1) is 0 Å². The van der Waals surface area contributed by atoms with Crippen LogP contribution >= 0.6 is 0 Å². The van der Waals surface area contributed by atoms with Crippen LogP contribution < -0.4 is 5.32 Å². The number of thiol groups is 1. The van der Waals surface area contributed by atoms with Crippen LogP contribution in [0.3, 0.4) is 0 Å². The van der Waals surface area contributed by atoms with Gasteiger partial charge in [-0.1, -0.05) is 36.4 Å². The second-order valence-corrected chi connectivity index (χ2v) is 5.49. The summed E-state index contributed by atoms with van der Waals surface area (Å²) in [6.45, 7) is 0. The lowest BCUT2D eigenvalue weighted by atomic mass is 10.1. The minimum Gasteiger partial charge on any atom is -0.355 e. The van der Waals surface area contributed by atoms with Crippen molar-refractivity contribution in [1.29, 1.82) is 0 Å². The van der Waals surface area contributed by atoms with Gasteiger partial charge in [0.2, 0.25) is 0 Å². The highest BCUT2D eigenvalue weighted by Gasteiger charge is 2.04. The molecule has 0 aromatic heterocycles. The van der Waals surface area contributed by atoms with Gasteiger partial charge in [-0.05, 0) is 35.7 Å². The summed E-state index contributed by atoms with van der Waals surface area (Å²) < 4.78 is 22.3. The van der Waals surface area contributed by atoms with Gasteiger partial charge in [0.1, 0.15) is 0 Å². The van der Waals surface area contributed by atoms with Crippen LogP contribution in [0.2, 0.25) is 0 Å². The molecular weight excluding hydrogens is 270 g/mol. The highest BCUT2D eigenvalue weighted by molar-refractivity contribution is 7.72. The van der Waals surface area contributed by atoms with E-state index in [1.54, 1.807) is 12.1 Å². The SMILES string of the molecule is O=[SH](=O)c1ccc2cccc(Nc3ccccc3)c2c1. The number of hydrogen-bond donors (Lipinski definition) is 2. The van der Waals surface area contributed by atoms with E-state index in [0.29, 0.717) is 4.90 Å². The third-order valence-electron chi connectivity index (χ3n) is 3.13. The van der Waals surface area contributed by atoms with E-state index in [1.807, 2.05) is 54.6 Å². The quantitative estimate of drug-likeness (QED) is 0.723. The molecule has 3 aromatic carbocycles. The van der Waals surface area contributed by atoms with E-state index >= 15 is 0 Å². The summed E-state index contributed by atoms with van der Waals surface area (Å²) in [6, 6.07) is 20.8. The molecule has 0 amide bonds. The average molecular weight is 283 g/mol. The van der Waals surface area contributed by atoms with E-state index in [1.165, 1.54) is 0 Å². The first kappa shape index (κ1) is 12.7. The van der Waals surface area contributed by atoms with Gasteiger partial charge in [-0.25, -0.2) is 8.42 Å². The Morgan fingerprint density at radius 2 is 1.60 bits per heavy atom. The van der Waals surface area contributed by atoms with Crippen LogP contribution in [0.5, 0.6) is 0 Å². The lowest BCUT2D eigenvalue weighted by molar-refractivity contribution is 0.614. The minimum absolute atomic E-state index is 0.329. The van der Waals surface area contributed by atoms with Gasteiger partial charge in [-0.2, -0.15) is 0 Å². The molecule has 0 aliphatic rings. The van der Waals surface area contributed by atoms with Gasteiger partial charge in [0.05, 0.1) is 4.90 Å². The van der Waals surface area contributed by atoms with Crippen LogP contribution in [0.4, 0.5) is 11.4 Å². The summed E-state index contributed by atoms with van der Waals surface area (Å²) in [4.78, 5) is 0.329. The number of benzene rings is 3. The molecule has 0 aliphatic heterocycles. The molecule has 3 rings (SSSR count). The van der Waals surface area contributed by atoms with E-state index in [-0.39, 0.29) is 0 Å². The molecule has 3 nitrogen and oxygen atoms in total. The van der Waals surface area contributed by atoms with Crippen molar-refractivity contribution in [1.82, 2.24) is 0 Å². The molecule has 0 aliphatic carbocycles. The number of hydrogen-bond acceptors (Lipinski definition) is 3. The summed E-state index contributed by atoms with van der Waals surface area (Å²) in [5.41, 5.74) is 1.87. The Morgan fingerprint density at radius 3 is 2.35 bits per heavy atom. The molecular formula is C16H13NO2S. The molecule has 0 heterocycles. The first-order chi connectivity index (χ1) is 9.74. The van der Waals surface area contributed by atoms with Gasteiger partial charge in [-0.3, -0.25) is 0 Å². The predicted octanol–water partition coefficient (Wildman–Crippen LogP) is 3.55. The van der Waals surface area contributed by atoms with Crippen molar-refractivity contribution < 1.29 is 8.42 Å². The Balaban J connectivity index is 2.12. The fourth-order valence-electron chi connectivity index (χ4n) is 2.16. The molecule has 3 aromatic rings. The molecule has 1 N–H and O–H groups in total. The molecule has 100 valence electrons. The topological polar surface area (TPSA) is 46.2 Å². The molecule has 0 saturated heterocycles. The zero-order valence-corrected chi connectivity index (χ0v) is 11.5. The van der Waals surface area contributed by atoms with E-state index in [0.717, 1.165) is 22.1 Å². The largest absolute Gasteiger partial charge is 0.355 e. The smallest absolute Gasteiger partial charge is 0.168 e. The van der Waals surface area contributed by atoms with Crippen molar-refractivity contribution >= 4 is 32.9 Å². The summed E-state index contributed by atoms with van der Waals surface area (Å²) in [6.07, 6.45) is 0. The molecule has 0 atom stereocenters. The van der Waals surface area contributed by atoms with Gasteiger partial charge in [0, 0.05) is 16.8 Å². The maximum Gasteiger partial charge on any atom is 0.168 e. The van der Waals surface area contributed by atoms with Crippen LogP contribution in [-0.2, 0) is 10.7 Å². The monoisotopic (exact) mass is 283 g/mol. The van der Waals surface area contributed by atoms with E-state index in [9.17, 15) is 8.42 Å². The summed E-state index contributed by atoms with van der Waals surface area (Å²) in [5, 5.41) is 5.22. The van der Waals surface area contributed by atoms with Gasteiger partial charge in [0.15, 0.2) is 10.7 Å². The number of nitrogens with one attached hydrogen (secondary N) is 1. The second-order valence-electron chi connectivity index (χ2n) is 4.46. The number of anilines is 2. The Hall–Kier alpha value is -2.33. The van der Waals surface area contributed by atoms with Gasteiger partial charge in [0.25, 0.3) is 0 Å². The van der Waals surface area contributed by atoms with Crippen LogP contribution in [-0.4, -0.2) is 8.42 Å². The molecule has 0 unspecified atom stereocenters. The highest BCUT2D eigenvalue weighted by atomic mass is 32.2. The van der Waals surface area contributed by atoms with E-state index in [4.69, 9.17) is 0 Å². The zero-order valence-electron chi connectivity index (χ0n) is 10.6. The van der Waals surface area contributed by atoms with E-state index < -0.39 is 10.7 Å². The Morgan fingerprint density at radius 1 is 0.800 bits per heavy atom. The number of rotatable bonds is 3. The van der Waals surface area contributed by atoms with Crippen molar-refractivity contribution in [2.24, 2.45) is 0 Å². The fourth-order valence-corrected chi connectivity index (χ4v) is 2.59. The Kier molecular flexibility index (Phi) is 3.39. The molecule has 0 spiro atoms. The number of fused-ring (bicyclic) bond motifs is 1. The first-order valence-corrected chi connectivity index (χ1v) is 7.41. The van der Waals surface area contributed by atoms with E-state index in [2.05, 4.69) is 5.32 Å². The molecule has 20 heavy (non-hydrogen) atoms. The van der Waals surface area contributed by atoms with Crippen LogP contribution in [0.25, 0.3) is 10.8 Å². The first-order valence-electron chi connectivity index (χ1n) is 6.23. The molecule has 0 fully saturated rings. The third kappa shape index (κ3) is 2.51. The van der Waals surface area contributed by atoms with Gasteiger partial charge in [-0.15, -0.1) is 0 Å². The normalized spacial score (nSPS) is 10.8. The average Bonchev–Trinajstić information content (AvgIpc) is 2.48. The third-order valence-corrected chi connectivity index (χ3v) is 3.83. The van der Waals surface area contributed by atoms with Gasteiger partial charge < -0.3 is 5.32 Å². The van der Waals surface area contributed by atoms with Crippen molar-refractivity contribution in [3.8, 4) is 0 Å². The fraction of sp³-hybridized carbons (Fsp3) is 0. The lowest BCUT2D eigenvalue weighted by Gasteiger charge is -2.10. The molecule has 0 bridgehead atoms. The molecule has 0 radical (unpaired) electrons. The zero-order chi connectivity index (χ0) is 13.9. The minimum atomic E-state index is -2.57. The number of para-hydroxylation sites is 1. The van der Waals surface area contributed by atoms with Crippen LogP contribution in [0.1, 0.15) is 0 Å². The molecule has 4 heteroatoms. The summed E-state index contributed by atoms with van der Waals surface area (Å²) in [5.74, 6) is 0. The van der Waals surface area contributed by atoms with Crippen molar-refractivity contribution in [2.75, 3.05) is 5.32 Å².